The second-order valence-electron chi connectivity index (χ2n) is 13.9. The molecule has 0 aliphatic rings. The van der Waals surface area contributed by atoms with Crippen molar-refractivity contribution in [3.8, 4) is 0 Å². The zero-order valence-electron chi connectivity index (χ0n) is 28.4. The summed E-state index contributed by atoms with van der Waals surface area (Å²) >= 11 is 0. The van der Waals surface area contributed by atoms with Crippen molar-refractivity contribution >= 4 is 30.6 Å². The van der Waals surface area contributed by atoms with Crippen LogP contribution in [0.4, 0.5) is 17.1 Å². The molecule has 3 nitrogen and oxygen atoms in total. The first-order chi connectivity index (χ1) is 17.6. The average molecular weight is 657 g/mol. The van der Waals surface area contributed by atoms with Gasteiger partial charge in [-0.2, -0.15) is 0 Å². The third kappa shape index (κ3) is 20.6. The SMILES string of the molecule is Cc1cc(C)cc([N-]C(C)(C)C)c1.Cc1cc(C)cc([N-]C(C)(C)C)c1.Cc1cc(C)cc([N-]C(C)(C)C)c1.[Mo].[S-2]. The number of nitrogens with zero attached hydrogens (tertiary/aromatic N) is 3. The van der Waals surface area contributed by atoms with Gasteiger partial charge in [-0.15, -0.1) is 33.7 Å². The second-order valence-corrected chi connectivity index (χ2v) is 13.9. The van der Waals surface area contributed by atoms with Crippen molar-refractivity contribution in [2.24, 2.45) is 0 Å². The maximum absolute atomic E-state index is 4.61. The van der Waals surface area contributed by atoms with Crippen LogP contribution < -0.4 is 0 Å². The van der Waals surface area contributed by atoms with E-state index in [4.69, 9.17) is 0 Å². The van der Waals surface area contributed by atoms with E-state index in [1.807, 2.05) is 0 Å². The number of rotatable bonds is 3. The van der Waals surface area contributed by atoms with E-state index in [0.29, 0.717) is 0 Å². The molecule has 3 aromatic carbocycles. The summed E-state index contributed by atoms with van der Waals surface area (Å²) in [4.78, 5) is 0. The first-order valence-corrected chi connectivity index (χ1v) is 14.0. The van der Waals surface area contributed by atoms with Gasteiger partial charge >= 0.3 is 0 Å². The van der Waals surface area contributed by atoms with Crippen molar-refractivity contribution in [3.63, 3.8) is 0 Å². The topological polar surface area (TPSA) is 42.3 Å². The van der Waals surface area contributed by atoms with Crippen LogP contribution in [0.3, 0.4) is 0 Å². The monoisotopic (exact) mass is 658 g/mol. The Hall–Kier alpha value is -1.90. The maximum Gasteiger partial charge on any atom is 0 e. The van der Waals surface area contributed by atoms with Crippen LogP contribution in [-0.2, 0) is 34.6 Å². The van der Waals surface area contributed by atoms with Gasteiger partial charge in [0.2, 0.25) is 0 Å². The molecule has 0 atom stereocenters. The molecule has 0 unspecified atom stereocenters. The summed E-state index contributed by atoms with van der Waals surface area (Å²) in [6, 6.07) is 19.2. The predicted molar refractivity (Wildman–Crippen MR) is 183 cm³/mol. The van der Waals surface area contributed by atoms with Crippen molar-refractivity contribution in [1.82, 2.24) is 0 Å². The van der Waals surface area contributed by atoms with Crippen molar-refractivity contribution in [1.29, 1.82) is 0 Å². The van der Waals surface area contributed by atoms with Gasteiger partial charge in [0.05, 0.1) is 0 Å². The van der Waals surface area contributed by atoms with Gasteiger partial charge in [-0.25, -0.2) is 0 Å². The molecule has 0 aromatic heterocycles. The standard InChI is InChI=1S/3C12H18N.Mo.S/c3*1-9-6-10(2)8-11(7-9)13-12(3,4)5;;/h3*6-8H,1-5H3;;/q3*-1;;-2. The van der Waals surface area contributed by atoms with Crippen molar-refractivity contribution in [2.45, 2.75) is 120 Å². The van der Waals surface area contributed by atoms with E-state index in [9.17, 15) is 0 Å². The maximum atomic E-state index is 4.61. The van der Waals surface area contributed by atoms with Gasteiger partial charge in [-0.3, -0.25) is 0 Å². The zero-order chi connectivity index (χ0) is 30.2. The molecule has 230 valence electrons. The summed E-state index contributed by atoms with van der Waals surface area (Å²) in [5, 5.41) is 13.8. The number of hydrogen-bond acceptors (Lipinski definition) is 0. The molecule has 0 radical (unpaired) electrons. The Labute approximate surface area is 274 Å². The van der Waals surface area contributed by atoms with Crippen LogP contribution in [0.2, 0.25) is 0 Å². The summed E-state index contributed by atoms with van der Waals surface area (Å²) < 4.78 is 0. The second kappa shape index (κ2) is 17.3. The smallest absolute Gasteiger partial charge is 0 e. The Kier molecular flexibility index (Phi) is 17.4. The van der Waals surface area contributed by atoms with Crippen LogP contribution in [0, 0.1) is 41.5 Å². The Morgan fingerprint density at radius 1 is 0.341 bits per heavy atom. The van der Waals surface area contributed by atoms with Gasteiger partial charge in [-0.1, -0.05) is 150 Å². The third-order valence-electron chi connectivity index (χ3n) is 5.01. The van der Waals surface area contributed by atoms with Crippen LogP contribution in [0.15, 0.2) is 54.6 Å². The third-order valence-corrected chi connectivity index (χ3v) is 5.01. The molecule has 0 saturated heterocycles. The Morgan fingerprint density at radius 3 is 0.610 bits per heavy atom. The largest absolute Gasteiger partial charge is 2.00 e. The molecule has 3 aromatic rings. The van der Waals surface area contributed by atoms with Gasteiger partial charge in [-0.05, 0) is 41.5 Å². The minimum absolute atomic E-state index is 0. The van der Waals surface area contributed by atoms with E-state index in [1.54, 1.807) is 0 Å². The zero-order valence-corrected chi connectivity index (χ0v) is 31.2. The molecule has 5 heteroatoms. The molecule has 41 heavy (non-hydrogen) atoms. The van der Waals surface area contributed by atoms with Crippen LogP contribution in [0.25, 0.3) is 16.0 Å². The number of hydrogen-bond donors (Lipinski definition) is 0. The van der Waals surface area contributed by atoms with Gasteiger partial charge in [0.15, 0.2) is 0 Å². The van der Waals surface area contributed by atoms with Crippen molar-refractivity contribution in [2.75, 3.05) is 0 Å². The van der Waals surface area contributed by atoms with E-state index in [1.165, 1.54) is 33.4 Å². The number of benzene rings is 3. The summed E-state index contributed by atoms with van der Waals surface area (Å²) in [7, 11) is 0. The van der Waals surface area contributed by atoms with Gasteiger partial charge in [0.1, 0.15) is 0 Å². The quantitative estimate of drug-likeness (QED) is 0.252. The Balaban J connectivity index is 0. The molecule has 0 saturated carbocycles. The van der Waals surface area contributed by atoms with Crippen molar-refractivity contribution < 1.29 is 21.1 Å². The molecule has 0 aliphatic heterocycles. The van der Waals surface area contributed by atoms with Crippen LogP contribution >= 0.6 is 0 Å². The fraction of sp³-hybridized carbons (Fsp3) is 0.500. The molecule has 3 rings (SSSR count). The summed E-state index contributed by atoms with van der Waals surface area (Å²) in [5.41, 5.74) is 11.0. The van der Waals surface area contributed by atoms with E-state index in [2.05, 4.69) is 174 Å². The Morgan fingerprint density at radius 2 is 0.488 bits per heavy atom. The van der Waals surface area contributed by atoms with Crippen LogP contribution in [0.1, 0.15) is 95.7 Å². The minimum Gasteiger partial charge on any atom is -2.00 e. The van der Waals surface area contributed by atoms with E-state index in [0.717, 1.165) is 17.1 Å². The summed E-state index contributed by atoms with van der Waals surface area (Å²) in [6.45, 7) is 31.7. The molecule has 0 amide bonds. The predicted octanol–water partition coefficient (Wildman–Crippen LogP) is 12.3. The molecular weight excluding hydrogens is 602 g/mol. The molecule has 0 fully saturated rings. The van der Waals surface area contributed by atoms with Crippen molar-refractivity contribution in [3.05, 3.63) is 104 Å². The molecule has 0 heterocycles. The first-order valence-electron chi connectivity index (χ1n) is 14.0. The fourth-order valence-electron chi connectivity index (χ4n) is 4.21. The number of aryl methyl sites for hydroxylation is 6. The summed E-state index contributed by atoms with van der Waals surface area (Å²) in [6.07, 6.45) is 0. The molecule has 0 spiro atoms. The average Bonchev–Trinajstić information content (AvgIpc) is 2.62. The van der Waals surface area contributed by atoms with E-state index >= 15 is 0 Å². The molecule has 0 N–H and O–H groups in total. The van der Waals surface area contributed by atoms with Gasteiger partial charge < -0.3 is 29.4 Å². The fourth-order valence-corrected chi connectivity index (χ4v) is 4.21. The van der Waals surface area contributed by atoms with Crippen LogP contribution in [-0.4, -0.2) is 16.6 Å². The van der Waals surface area contributed by atoms with E-state index in [-0.39, 0.29) is 51.2 Å². The molecular formula is C36H54MoN3S-5. The molecule has 0 aliphatic carbocycles. The molecule has 0 bridgehead atoms. The Bertz CT molecular complexity index is 987. The first kappa shape index (κ1) is 41.2. The van der Waals surface area contributed by atoms with E-state index < -0.39 is 0 Å². The minimum atomic E-state index is 0. The van der Waals surface area contributed by atoms with Gasteiger partial charge in [0.25, 0.3) is 0 Å². The van der Waals surface area contributed by atoms with Gasteiger partial charge in [0, 0.05) is 21.1 Å². The summed E-state index contributed by atoms with van der Waals surface area (Å²) in [5.74, 6) is 0. The normalized spacial score (nSPS) is 10.9. The van der Waals surface area contributed by atoms with Crippen LogP contribution in [0.5, 0.6) is 0 Å².